The monoisotopic (exact) mass is 329 g/mol. The van der Waals surface area contributed by atoms with Crippen molar-refractivity contribution >= 4 is 17.6 Å². The third-order valence-corrected chi connectivity index (χ3v) is 3.53. The second-order valence-electron chi connectivity index (χ2n) is 5.16. The van der Waals surface area contributed by atoms with E-state index in [0.717, 1.165) is 0 Å². The molecule has 126 valence electrons. The molecule has 1 atom stereocenters. The Morgan fingerprint density at radius 3 is 2.38 bits per heavy atom. The number of carbonyl (C=O) groups is 2. The maximum absolute atomic E-state index is 12.4. The summed E-state index contributed by atoms with van der Waals surface area (Å²) in [5.41, 5.74) is 0.663. The number of rotatable bonds is 5. The highest BCUT2D eigenvalue weighted by molar-refractivity contribution is 5.99. The minimum Gasteiger partial charge on any atom is -0.507 e. The first-order valence-electron chi connectivity index (χ1n) is 7.34. The van der Waals surface area contributed by atoms with Crippen LogP contribution in [-0.2, 0) is 9.53 Å². The molecular formula is C18H19NO5. The van der Waals surface area contributed by atoms with Gasteiger partial charge in [-0.1, -0.05) is 18.2 Å². The Balaban J connectivity index is 2.07. The molecule has 0 heterocycles. The van der Waals surface area contributed by atoms with Crippen molar-refractivity contribution in [2.45, 2.75) is 13.0 Å². The lowest BCUT2D eigenvalue weighted by Gasteiger charge is -2.21. The molecule has 0 aliphatic heterocycles. The molecule has 1 amide bonds. The van der Waals surface area contributed by atoms with E-state index in [1.807, 2.05) is 18.2 Å². The Labute approximate surface area is 140 Å². The van der Waals surface area contributed by atoms with Gasteiger partial charge in [-0.25, -0.2) is 4.79 Å². The molecule has 0 unspecified atom stereocenters. The van der Waals surface area contributed by atoms with Gasteiger partial charge >= 0.3 is 5.97 Å². The number of anilines is 1. The lowest BCUT2D eigenvalue weighted by Crippen LogP contribution is -2.37. The van der Waals surface area contributed by atoms with Gasteiger partial charge in [0.15, 0.2) is 6.10 Å². The summed E-state index contributed by atoms with van der Waals surface area (Å²) in [6.45, 7) is 1.49. The van der Waals surface area contributed by atoms with Crippen LogP contribution >= 0.6 is 0 Å². The van der Waals surface area contributed by atoms with Gasteiger partial charge in [0.25, 0.3) is 5.91 Å². The lowest BCUT2D eigenvalue weighted by atomic mass is 10.2. The number of phenols is 1. The molecule has 24 heavy (non-hydrogen) atoms. The van der Waals surface area contributed by atoms with E-state index in [1.54, 1.807) is 19.2 Å². The Bertz CT molecular complexity index is 729. The lowest BCUT2D eigenvalue weighted by molar-refractivity contribution is -0.126. The summed E-state index contributed by atoms with van der Waals surface area (Å²) >= 11 is 0. The average Bonchev–Trinajstić information content (AvgIpc) is 2.60. The Hall–Kier alpha value is -3.02. The van der Waals surface area contributed by atoms with Crippen LogP contribution < -0.4 is 9.64 Å². The number of amides is 1. The topological polar surface area (TPSA) is 76.1 Å². The highest BCUT2D eigenvalue weighted by Gasteiger charge is 2.24. The SMILES string of the molecule is COc1ccc(C(=O)O[C@@H](C)C(=O)N(C)c2ccccc2)c(O)c1. The molecular weight excluding hydrogens is 310 g/mol. The number of para-hydroxylation sites is 1. The molecule has 0 radical (unpaired) electrons. The molecule has 2 aromatic rings. The third kappa shape index (κ3) is 3.84. The summed E-state index contributed by atoms with van der Waals surface area (Å²) in [6, 6.07) is 13.2. The first-order valence-corrected chi connectivity index (χ1v) is 7.34. The number of ether oxygens (including phenoxy) is 2. The van der Waals surface area contributed by atoms with Crippen molar-refractivity contribution in [1.82, 2.24) is 0 Å². The number of likely N-dealkylation sites (N-methyl/N-ethyl adjacent to an activating group) is 1. The van der Waals surface area contributed by atoms with E-state index in [-0.39, 0.29) is 17.2 Å². The summed E-state index contributed by atoms with van der Waals surface area (Å²) in [5.74, 6) is -1.01. The quantitative estimate of drug-likeness (QED) is 0.853. The zero-order valence-electron chi connectivity index (χ0n) is 13.7. The van der Waals surface area contributed by atoms with E-state index >= 15 is 0 Å². The van der Waals surface area contributed by atoms with Gasteiger partial charge in [0.1, 0.15) is 17.1 Å². The van der Waals surface area contributed by atoms with Crippen LogP contribution in [0.5, 0.6) is 11.5 Å². The van der Waals surface area contributed by atoms with Crippen molar-refractivity contribution in [3.63, 3.8) is 0 Å². The van der Waals surface area contributed by atoms with Crippen molar-refractivity contribution < 1.29 is 24.2 Å². The van der Waals surface area contributed by atoms with Crippen molar-refractivity contribution in [2.24, 2.45) is 0 Å². The van der Waals surface area contributed by atoms with Crippen LogP contribution in [0.15, 0.2) is 48.5 Å². The van der Waals surface area contributed by atoms with E-state index in [1.165, 1.54) is 37.1 Å². The highest BCUT2D eigenvalue weighted by atomic mass is 16.5. The van der Waals surface area contributed by atoms with E-state index < -0.39 is 12.1 Å². The smallest absolute Gasteiger partial charge is 0.342 e. The molecule has 6 heteroatoms. The largest absolute Gasteiger partial charge is 0.507 e. The van der Waals surface area contributed by atoms with Gasteiger partial charge in [-0.3, -0.25) is 4.79 Å². The number of nitrogens with zero attached hydrogens (tertiary/aromatic N) is 1. The van der Waals surface area contributed by atoms with Gasteiger partial charge in [-0.05, 0) is 31.2 Å². The molecule has 1 N–H and O–H groups in total. The number of aromatic hydroxyl groups is 1. The molecule has 0 aliphatic rings. The van der Waals surface area contributed by atoms with Gasteiger partial charge in [-0.15, -0.1) is 0 Å². The number of methoxy groups -OCH3 is 1. The van der Waals surface area contributed by atoms with Crippen LogP contribution in [0.3, 0.4) is 0 Å². The molecule has 2 aromatic carbocycles. The molecule has 6 nitrogen and oxygen atoms in total. The second kappa shape index (κ2) is 7.50. The van der Waals surface area contributed by atoms with E-state index in [4.69, 9.17) is 9.47 Å². The molecule has 0 saturated carbocycles. The van der Waals surface area contributed by atoms with Crippen LogP contribution in [-0.4, -0.2) is 37.2 Å². The normalized spacial score (nSPS) is 11.5. The minimum absolute atomic E-state index is 0.0298. The van der Waals surface area contributed by atoms with E-state index in [9.17, 15) is 14.7 Å². The number of carbonyl (C=O) groups excluding carboxylic acids is 2. The first-order chi connectivity index (χ1) is 11.4. The third-order valence-electron chi connectivity index (χ3n) is 3.53. The van der Waals surface area contributed by atoms with Crippen LogP contribution in [0.25, 0.3) is 0 Å². The summed E-state index contributed by atoms with van der Waals surface area (Å²) in [6.07, 6.45) is -0.996. The van der Waals surface area contributed by atoms with Crippen LogP contribution in [0.2, 0.25) is 0 Å². The fourth-order valence-corrected chi connectivity index (χ4v) is 2.14. The number of hydrogen-bond acceptors (Lipinski definition) is 5. The fourth-order valence-electron chi connectivity index (χ4n) is 2.14. The summed E-state index contributed by atoms with van der Waals surface area (Å²) in [7, 11) is 3.06. The number of esters is 1. The van der Waals surface area contributed by atoms with E-state index in [2.05, 4.69) is 0 Å². The predicted octanol–water partition coefficient (Wildman–Crippen LogP) is 2.61. The fraction of sp³-hybridized carbons (Fsp3) is 0.222. The van der Waals surface area contributed by atoms with Crippen molar-refractivity contribution in [2.75, 3.05) is 19.1 Å². The zero-order chi connectivity index (χ0) is 17.7. The van der Waals surface area contributed by atoms with Crippen molar-refractivity contribution in [3.8, 4) is 11.5 Å². The van der Waals surface area contributed by atoms with Crippen LogP contribution in [0.4, 0.5) is 5.69 Å². The zero-order valence-corrected chi connectivity index (χ0v) is 13.7. The number of hydrogen-bond donors (Lipinski definition) is 1. The van der Waals surface area contributed by atoms with Gasteiger partial charge < -0.3 is 19.5 Å². The molecule has 0 spiro atoms. The minimum atomic E-state index is -0.996. The molecule has 0 aliphatic carbocycles. The van der Waals surface area contributed by atoms with Crippen molar-refractivity contribution in [3.05, 3.63) is 54.1 Å². The Morgan fingerprint density at radius 1 is 1.12 bits per heavy atom. The molecule has 0 bridgehead atoms. The van der Waals surface area contributed by atoms with Crippen LogP contribution in [0, 0.1) is 0 Å². The van der Waals surface area contributed by atoms with Gasteiger partial charge in [0.2, 0.25) is 0 Å². The standard InChI is InChI=1S/C18H19NO5/c1-12(17(21)19(2)13-7-5-4-6-8-13)24-18(22)15-10-9-14(23-3)11-16(15)20/h4-12,20H,1-3H3/t12-/m0/s1. The van der Waals surface area contributed by atoms with Crippen LogP contribution in [0.1, 0.15) is 17.3 Å². The Kier molecular flexibility index (Phi) is 5.42. The second-order valence-corrected chi connectivity index (χ2v) is 5.16. The van der Waals surface area contributed by atoms with E-state index in [0.29, 0.717) is 11.4 Å². The predicted molar refractivity (Wildman–Crippen MR) is 89.4 cm³/mol. The van der Waals surface area contributed by atoms with Gasteiger partial charge in [-0.2, -0.15) is 0 Å². The summed E-state index contributed by atoms with van der Waals surface area (Å²) < 4.78 is 10.1. The molecule has 2 rings (SSSR count). The highest BCUT2D eigenvalue weighted by Crippen LogP contribution is 2.24. The molecule has 0 fully saturated rings. The summed E-state index contributed by atoms with van der Waals surface area (Å²) in [4.78, 5) is 25.9. The van der Waals surface area contributed by atoms with Gasteiger partial charge in [0.05, 0.1) is 7.11 Å². The summed E-state index contributed by atoms with van der Waals surface area (Å²) in [5, 5.41) is 9.86. The maximum Gasteiger partial charge on any atom is 0.342 e. The first kappa shape index (κ1) is 17.3. The Morgan fingerprint density at radius 2 is 1.79 bits per heavy atom. The molecule has 0 saturated heterocycles. The number of phenolic OH excluding ortho intramolecular Hbond substituents is 1. The van der Waals surface area contributed by atoms with Gasteiger partial charge in [0, 0.05) is 18.8 Å². The maximum atomic E-state index is 12.4. The molecule has 0 aromatic heterocycles. The average molecular weight is 329 g/mol. The van der Waals surface area contributed by atoms with Crippen molar-refractivity contribution in [1.29, 1.82) is 0 Å². The number of benzene rings is 2.